The molecule has 0 bridgehead atoms. The van der Waals surface area contributed by atoms with Crippen LogP contribution in [0.5, 0.6) is 0 Å². The van der Waals surface area contributed by atoms with E-state index in [2.05, 4.69) is 15.2 Å². The number of aromatic nitrogens is 3. The Morgan fingerprint density at radius 3 is 2.50 bits per heavy atom. The maximum Gasteiger partial charge on any atom is 0.273 e. The van der Waals surface area contributed by atoms with E-state index in [4.69, 9.17) is 5.21 Å². The summed E-state index contributed by atoms with van der Waals surface area (Å²) < 4.78 is 1.46. The van der Waals surface area contributed by atoms with Crippen molar-refractivity contribution in [1.82, 2.24) is 19.7 Å². The first-order valence-electron chi connectivity index (χ1n) is 4.70. The van der Waals surface area contributed by atoms with Crippen LogP contribution in [-0.4, -0.2) is 50.6 Å². The van der Waals surface area contributed by atoms with Crippen LogP contribution in [0.2, 0.25) is 0 Å². The molecule has 88 valence electrons. The molecule has 0 atom stereocenters. The van der Waals surface area contributed by atoms with Crippen molar-refractivity contribution in [2.75, 3.05) is 14.1 Å². The van der Waals surface area contributed by atoms with Crippen LogP contribution in [0, 0.1) is 0 Å². The van der Waals surface area contributed by atoms with Crippen LogP contribution < -0.4 is 0 Å². The molecule has 0 aliphatic rings. The molecule has 16 heavy (non-hydrogen) atoms. The predicted molar refractivity (Wildman–Crippen MR) is 57.3 cm³/mol. The zero-order valence-electron chi connectivity index (χ0n) is 9.75. The quantitative estimate of drug-likeness (QED) is 0.443. The summed E-state index contributed by atoms with van der Waals surface area (Å²) >= 11 is 0. The van der Waals surface area contributed by atoms with E-state index in [-0.39, 0.29) is 11.6 Å². The Kier molecular flexibility index (Phi) is 3.26. The lowest BCUT2D eigenvalue weighted by Gasteiger charge is -2.26. The number of oxime groups is 1. The van der Waals surface area contributed by atoms with Crippen molar-refractivity contribution >= 4 is 11.6 Å². The summed E-state index contributed by atoms with van der Waals surface area (Å²) in [5.41, 5.74) is -0.852. The van der Waals surface area contributed by atoms with Crippen LogP contribution >= 0.6 is 0 Å². The second-order valence-corrected chi connectivity index (χ2v) is 4.05. The first-order chi connectivity index (χ1) is 7.41. The van der Waals surface area contributed by atoms with E-state index in [1.54, 1.807) is 27.9 Å². The van der Waals surface area contributed by atoms with Crippen LogP contribution in [0.3, 0.4) is 0 Å². The van der Waals surface area contributed by atoms with Crippen LogP contribution in [0.25, 0.3) is 0 Å². The number of nitrogens with zero attached hydrogens (tertiary/aromatic N) is 5. The standard InChI is InChI=1S/C9H15N5O2/c1-9(2,14-6-10-5-11-14)7(12-16)8(15)13(3)4/h5-6,16H,1-4H3/b12-7-. The second-order valence-electron chi connectivity index (χ2n) is 4.05. The van der Waals surface area contributed by atoms with Gasteiger partial charge in [0.1, 0.15) is 18.2 Å². The van der Waals surface area contributed by atoms with E-state index in [0.717, 1.165) is 0 Å². The molecule has 0 saturated heterocycles. The van der Waals surface area contributed by atoms with Gasteiger partial charge in [-0.3, -0.25) is 4.79 Å². The summed E-state index contributed by atoms with van der Waals surface area (Å²) in [6.07, 6.45) is 2.82. The maximum absolute atomic E-state index is 11.8. The van der Waals surface area contributed by atoms with Gasteiger partial charge in [0.25, 0.3) is 5.91 Å². The lowest BCUT2D eigenvalue weighted by atomic mass is 9.97. The van der Waals surface area contributed by atoms with Gasteiger partial charge in [0.2, 0.25) is 0 Å². The first-order valence-corrected chi connectivity index (χ1v) is 4.70. The molecule has 0 unspecified atom stereocenters. The zero-order valence-corrected chi connectivity index (χ0v) is 9.75. The fourth-order valence-electron chi connectivity index (χ4n) is 1.24. The van der Waals surface area contributed by atoms with E-state index in [1.165, 1.54) is 22.2 Å². The molecule has 7 heteroatoms. The molecule has 1 N–H and O–H groups in total. The summed E-state index contributed by atoms with van der Waals surface area (Å²) in [7, 11) is 3.18. The van der Waals surface area contributed by atoms with Crippen LogP contribution in [-0.2, 0) is 10.3 Å². The Bertz CT molecular complexity index is 394. The molecule has 0 aromatic carbocycles. The highest BCUT2D eigenvalue weighted by Crippen LogP contribution is 2.16. The Morgan fingerprint density at radius 1 is 1.50 bits per heavy atom. The van der Waals surface area contributed by atoms with Crippen LogP contribution in [0.15, 0.2) is 17.8 Å². The van der Waals surface area contributed by atoms with Gasteiger partial charge in [0, 0.05) is 14.1 Å². The normalized spacial score (nSPS) is 12.6. The van der Waals surface area contributed by atoms with E-state index < -0.39 is 5.54 Å². The largest absolute Gasteiger partial charge is 0.410 e. The van der Waals surface area contributed by atoms with Crippen molar-refractivity contribution in [3.8, 4) is 0 Å². The van der Waals surface area contributed by atoms with Crippen molar-refractivity contribution in [3.63, 3.8) is 0 Å². The minimum absolute atomic E-state index is 0.00278. The molecule has 1 aromatic heterocycles. The molecule has 0 saturated carbocycles. The molecule has 0 aliphatic heterocycles. The third kappa shape index (κ3) is 2.02. The van der Waals surface area contributed by atoms with E-state index >= 15 is 0 Å². The van der Waals surface area contributed by atoms with Crippen molar-refractivity contribution in [3.05, 3.63) is 12.7 Å². The molecule has 0 radical (unpaired) electrons. The second kappa shape index (κ2) is 4.30. The number of carbonyl (C=O) groups excluding carboxylic acids is 1. The van der Waals surface area contributed by atoms with Gasteiger partial charge in [0.05, 0.1) is 0 Å². The monoisotopic (exact) mass is 225 g/mol. The SMILES string of the molecule is CN(C)C(=O)/C(=N/O)C(C)(C)n1cncn1. The van der Waals surface area contributed by atoms with E-state index in [1.807, 2.05) is 0 Å². The molecule has 0 fully saturated rings. The van der Waals surface area contributed by atoms with E-state index in [0.29, 0.717) is 0 Å². The highest BCUT2D eigenvalue weighted by atomic mass is 16.4. The summed E-state index contributed by atoms with van der Waals surface area (Å²) in [6.45, 7) is 3.44. The van der Waals surface area contributed by atoms with E-state index in [9.17, 15) is 4.79 Å². The number of carbonyl (C=O) groups is 1. The van der Waals surface area contributed by atoms with Crippen molar-refractivity contribution in [2.24, 2.45) is 5.16 Å². The first kappa shape index (κ1) is 12.2. The maximum atomic E-state index is 11.8. The average molecular weight is 225 g/mol. The highest BCUT2D eigenvalue weighted by molar-refractivity contribution is 6.40. The molecular weight excluding hydrogens is 210 g/mol. The number of rotatable bonds is 3. The summed E-state index contributed by atoms with van der Waals surface area (Å²) in [5.74, 6) is -0.372. The lowest BCUT2D eigenvalue weighted by molar-refractivity contribution is -0.122. The molecule has 1 aromatic rings. The van der Waals surface area contributed by atoms with Gasteiger partial charge >= 0.3 is 0 Å². The van der Waals surface area contributed by atoms with Gasteiger partial charge in [-0.25, -0.2) is 9.67 Å². The Balaban J connectivity index is 3.11. The van der Waals surface area contributed by atoms with Crippen molar-refractivity contribution in [1.29, 1.82) is 0 Å². The third-order valence-electron chi connectivity index (χ3n) is 2.28. The number of hydrogen-bond donors (Lipinski definition) is 1. The fourth-order valence-corrected chi connectivity index (χ4v) is 1.24. The van der Waals surface area contributed by atoms with Crippen molar-refractivity contribution in [2.45, 2.75) is 19.4 Å². The van der Waals surface area contributed by atoms with Gasteiger partial charge in [-0.15, -0.1) is 0 Å². The fraction of sp³-hybridized carbons (Fsp3) is 0.556. The number of hydrogen-bond acceptors (Lipinski definition) is 5. The van der Waals surface area contributed by atoms with Gasteiger partial charge in [-0.05, 0) is 13.8 Å². The van der Waals surface area contributed by atoms with Gasteiger partial charge in [-0.2, -0.15) is 5.10 Å². The molecule has 0 spiro atoms. The smallest absolute Gasteiger partial charge is 0.273 e. The minimum Gasteiger partial charge on any atom is -0.410 e. The number of amides is 1. The predicted octanol–water partition coefficient (Wildman–Crippen LogP) is -0.0684. The molecule has 1 amide bonds. The zero-order chi connectivity index (χ0) is 12.3. The van der Waals surface area contributed by atoms with Crippen molar-refractivity contribution < 1.29 is 10.0 Å². The van der Waals surface area contributed by atoms with Gasteiger partial charge in [0.15, 0.2) is 5.71 Å². The molecule has 7 nitrogen and oxygen atoms in total. The van der Waals surface area contributed by atoms with Gasteiger partial charge in [-0.1, -0.05) is 5.16 Å². The van der Waals surface area contributed by atoms with Gasteiger partial charge < -0.3 is 10.1 Å². The minimum atomic E-state index is -0.855. The lowest BCUT2D eigenvalue weighted by Crippen LogP contribution is -2.45. The Hall–Kier alpha value is -1.92. The molecular formula is C9H15N5O2. The molecule has 0 aliphatic carbocycles. The summed E-state index contributed by atoms with van der Waals surface area (Å²) in [6, 6.07) is 0. The summed E-state index contributed by atoms with van der Waals surface area (Å²) in [5, 5.41) is 16.0. The summed E-state index contributed by atoms with van der Waals surface area (Å²) in [4.78, 5) is 16.9. The average Bonchev–Trinajstić information content (AvgIpc) is 2.71. The highest BCUT2D eigenvalue weighted by Gasteiger charge is 2.35. The Morgan fingerprint density at radius 2 is 2.12 bits per heavy atom. The molecule has 1 rings (SSSR count). The third-order valence-corrected chi connectivity index (χ3v) is 2.28. The molecule has 1 heterocycles. The van der Waals surface area contributed by atoms with Crippen LogP contribution in [0.1, 0.15) is 13.8 Å². The van der Waals surface area contributed by atoms with Crippen LogP contribution in [0.4, 0.5) is 0 Å². The topological polar surface area (TPSA) is 83.6 Å². The Labute approximate surface area is 93.4 Å².